The predicted molar refractivity (Wildman–Crippen MR) is 159 cm³/mol. The summed E-state index contributed by atoms with van der Waals surface area (Å²) >= 11 is 0. The minimum absolute atomic E-state index is 0. The first-order chi connectivity index (χ1) is 19.5. The number of carbonyl (C=O) groups excluding carboxylic acids is 1. The van der Waals surface area contributed by atoms with E-state index in [4.69, 9.17) is 5.11 Å². The number of carbonyl (C=O) groups is 1. The van der Waals surface area contributed by atoms with Crippen molar-refractivity contribution in [2.75, 3.05) is 69.8 Å². The fraction of sp³-hybridized carbons (Fsp3) is 0.536. The van der Waals surface area contributed by atoms with E-state index in [1.165, 1.54) is 13.1 Å². The highest BCUT2D eigenvalue weighted by Gasteiger charge is 2.56. The fourth-order valence-electron chi connectivity index (χ4n) is 7.17. The van der Waals surface area contributed by atoms with Crippen LogP contribution in [0.5, 0.6) is 0 Å². The molecular weight excluding hydrogens is 544 g/mol. The predicted octanol–water partition coefficient (Wildman–Crippen LogP) is 1.37. The Morgan fingerprint density at radius 3 is 1.83 bits per heavy atom. The number of halogens is 1. The Morgan fingerprint density at radius 1 is 0.854 bits per heavy atom. The van der Waals surface area contributed by atoms with Crippen LogP contribution in [0.2, 0.25) is 0 Å². The van der Waals surface area contributed by atoms with Gasteiger partial charge in [0.2, 0.25) is 5.91 Å². The second kappa shape index (κ2) is 11.1. The number of piperidine rings is 2. The molecule has 13 heteroatoms. The molecule has 1 amide bonds. The first kappa shape index (κ1) is 27.7. The second-order valence-electron chi connectivity index (χ2n) is 11.7. The van der Waals surface area contributed by atoms with Gasteiger partial charge in [0.05, 0.1) is 10.8 Å². The van der Waals surface area contributed by atoms with Crippen LogP contribution in [-0.2, 0) is 4.79 Å². The van der Waals surface area contributed by atoms with Gasteiger partial charge >= 0.3 is 0 Å². The van der Waals surface area contributed by atoms with Crippen LogP contribution < -0.4 is 15.1 Å². The maximum atomic E-state index is 11.5. The van der Waals surface area contributed by atoms with E-state index >= 15 is 0 Å². The van der Waals surface area contributed by atoms with Gasteiger partial charge < -0.3 is 35.1 Å². The molecule has 6 atom stereocenters. The Bertz CT molecular complexity index is 1500. The number of nitrogens with zero attached hydrogens (tertiary/aromatic N) is 7. The number of aromatic nitrogens is 6. The van der Waals surface area contributed by atoms with Crippen LogP contribution in [0, 0.1) is 35.5 Å². The molecule has 4 fully saturated rings. The highest BCUT2D eigenvalue weighted by molar-refractivity contribution is 5.88. The average molecular weight is 581 g/mol. The summed E-state index contributed by atoms with van der Waals surface area (Å²) in [6, 6.07) is 4.05. The van der Waals surface area contributed by atoms with Crippen molar-refractivity contribution in [2.45, 2.75) is 0 Å². The van der Waals surface area contributed by atoms with Gasteiger partial charge in [-0.05, 0) is 60.7 Å². The minimum Gasteiger partial charge on any atom is -0.387 e. The molecule has 3 unspecified atom stereocenters. The van der Waals surface area contributed by atoms with E-state index < -0.39 is 0 Å². The van der Waals surface area contributed by atoms with Gasteiger partial charge in [0.15, 0.2) is 0 Å². The van der Waals surface area contributed by atoms with Crippen molar-refractivity contribution in [2.24, 2.45) is 35.5 Å². The number of aliphatic hydroxyl groups is 1. The van der Waals surface area contributed by atoms with E-state index in [1.54, 1.807) is 17.6 Å². The molecule has 41 heavy (non-hydrogen) atoms. The summed E-state index contributed by atoms with van der Waals surface area (Å²) < 4.78 is 0. The maximum Gasteiger partial charge on any atom is 0.248 e. The summed E-state index contributed by atoms with van der Waals surface area (Å²) in [5.74, 6) is 6.23. The number of aliphatic hydroxyl groups excluding tert-OH is 1. The Hall–Kier alpha value is -3.48. The number of rotatable bonds is 7. The molecule has 0 bridgehead atoms. The molecule has 4 aliphatic rings. The summed E-state index contributed by atoms with van der Waals surface area (Å²) in [6.07, 6.45) is 7.02. The molecule has 0 spiro atoms. The largest absolute Gasteiger partial charge is 0.387 e. The third-order valence-electron chi connectivity index (χ3n) is 9.49. The van der Waals surface area contributed by atoms with Crippen LogP contribution in [0.4, 0.5) is 11.6 Å². The number of nitrogens with one attached hydrogen (secondary N) is 3. The van der Waals surface area contributed by atoms with Crippen LogP contribution in [-0.4, -0.2) is 106 Å². The molecule has 6 heterocycles. The Balaban J connectivity index is 0.000000146. The van der Waals surface area contributed by atoms with Gasteiger partial charge in [0.1, 0.15) is 42.2 Å². The zero-order valence-electron chi connectivity index (χ0n) is 23.3. The molecule has 0 aromatic carbocycles. The molecule has 4 N–H and O–H groups in total. The van der Waals surface area contributed by atoms with E-state index in [1.807, 2.05) is 18.5 Å². The first-order valence-corrected chi connectivity index (χ1v) is 14.1. The van der Waals surface area contributed by atoms with E-state index in [9.17, 15) is 4.79 Å². The molecule has 2 saturated carbocycles. The van der Waals surface area contributed by atoms with Crippen molar-refractivity contribution < 1.29 is 9.90 Å². The van der Waals surface area contributed by atoms with Crippen LogP contribution in [0.1, 0.15) is 0 Å². The lowest BCUT2D eigenvalue weighted by Gasteiger charge is -2.22. The van der Waals surface area contributed by atoms with Gasteiger partial charge in [-0.25, -0.2) is 19.9 Å². The molecule has 2 saturated heterocycles. The number of amides is 1. The molecular formula is C28H37ClN10O2. The van der Waals surface area contributed by atoms with E-state index in [0.717, 1.165) is 77.6 Å². The van der Waals surface area contributed by atoms with E-state index in [-0.39, 0.29) is 24.9 Å². The SMILES string of the molecule is CN(CC1C2CNC[C@@H]21)c1ncnc2[nH]ccc12.CN(CC1[C@H]2CN(C(=O)CO)C[C@@H]12)c1ncnc2[nH]ccc12.Cl. The zero-order valence-corrected chi connectivity index (χ0v) is 24.1. The number of likely N-dealkylation sites (tertiary alicyclic amines) is 1. The van der Waals surface area contributed by atoms with Gasteiger partial charge in [0.25, 0.3) is 0 Å². The Labute approximate surface area is 244 Å². The van der Waals surface area contributed by atoms with Crippen molar-refractivity contribution in [3.05, 3.63) is 37.2 Å². The number of fused-ring (bicyclic) bond motifs is 4. The highest BCUT2D eigenvalue weighted by atomic mass is 35.5. The summed E-state index contributed by atoms with van der Waals surface area (Å²) in [5, 5.41) is 14.5. The third-order valence-corrected chi connectivity index (χ3v) is 9.49. The standard InChI is InChI=1S/C15H19N5O2.C13H17N5.ClH/c1-19(15-9-2-3-16-14(9)17-8-18-15)4-10-11-5-20(6-12(10)11)13(22)7-21;1-18(6-11-9-4-14-5-10(9)11)13-8-2-3-15-12(8)16-7-17-13;/h2-3,8,10-12,21H,4-7H2,1H3,(H,16,17,18);2-3,7,9-11,14H,4-6H2,1H3,(H,15,16,17);1H/t10?,11-,12+;9-,10?,11?;/m.0./s1. The molecule has 2 aliphatic heterocycles. The molecule has 0 radical (unpaired) electrons. The lowest BCUT2D eigenvalue weighted by atomic mass is 10.2. The zero-order chi connectivity index (χ0) is 27.4. The summed E-state index contributed by atoms with van der Waals surface area (Å²) in [4.78, 5) is 41.3. The van der Waals surface area contributed by atoms with Crippen LogP contribution >= 0.6 is 12.4 Å². The molecule has 218 valence electrons. The maximum absolute atomic E-state index is 11.5. The second-order valence-corrected chi connectivity index (χ2v) is 11.7. The lowest BCUT2D eigenvalue weighted by molar-refractivity contribution is -0.133. The smallest absolute Gasteiger partial charge is 0.248 e. The number of H-pyrrole nitrogens is 2. The molecule has 2 aliphatic carbocycles. The fourth-order valence-corrected chi connectivity index (χ4v) is 7.17. The van der Waals surface area contributed by atoms with Crippen molar-refractivity contribution in [1.82, 2.24) is 40.1 Å². The summed E-state index contributed by atoms with van der Waals surface area (Å²) in [5.41, 5.74) is 1.78. The molecule has 12 nitrogen and oxygen atoms in total. The van der Waals surface area contributed by atoms with Gasteiger partial charge in [-0.15, -0.1) is 12.4 Å². The average Bonchev–Trinajstić information content (AvgIpc) is 3.51. The van der Waals surface area contributed by atoms with Crippen LogP contribution in [0.3, 0.4) is 0 Å². The first-order valence-electron chi connectivity index (χ1n) is 14.1. The van der Waals surface area contributed by atoms with Gasteiger partial charge in [-0.2, -0.15) is 0 Å². The number of anilines is 2. The Kier molecular flexibility index (Phi) is 7.47. The summed E-state index contributed by atoms with van der Waals surface area (Å²) in [7, 11) is 4.19. The van der Waals surface area contributed by atoms with Crippen molar-refractivity contribution in [3.63, 3.8) is 0 Å². The molecule has 8 rings (SSSR count). The third kappa shape index (κ3) is 5.08. The van der Waals surface area contributed by atoms with Crippen LogP contribution in [0.15, 0.2) is 37.2 Å². The normalized spacial score (nSPS) is 27.0. The topological polar surface area (TPSA) is 142 Å². The summed E-state index contributed by atoms with van der Waals surface area (Å²) in [6.45, 7) is 5.63. The van der Waals surface area contributed by atoms with Gasteiger partial charge in [-0.3, -0.25) is 4.79 Å². The van der Waals surface area contributed by atoms with Gasteiger partial charge in [0, 0.05) is 52.7 Å². The molecule has 4 aromatic heterocycles. The number of hydrogen-bond donors (Lipinski definition) is 4. The lowest BCUT2D eigenvalue weighted by Crippen LogP contribution is -2.35. The quantitative estimate of drug-likeness (QED) is 0.255. The van der Waals surface area contributed by atoms with E-state index in [0.29, 0.717) is 17.8 Å². The minimum atomic E-state index is -0.379. The monoisotopic (exact) mass is 580 g/mol. The van der Waals surface area contributed by atoms with Crippen molar-refractivity contribution >= 4 is 52.0 Å². The Morgan fingerprint density at radius 2 is 1.34 bits per heavy atom. The number of aromatic amines is 2. The van der Waals surface area contributed by atoms with Crippen molar-refractivity contribution in [3.8, 4) is 0 Å². The number of hydrogen-bond acceptors (Lipinski definition) is 9. The van der Waals surface area contributed by atoms with Gasteiger partial charge in [-0.1, -0.05) is 0 Å². The highest BCUT2D eigenvalue weighted by Crippen LogP contribution is 2.52. The van der Waals surface area contributed by atoms with E-state index in [2.05, 4.69) is 65.2 Å². The molecule has 4 aromatic rings. The van der Waals surface area contributed by atoms with Crippen LogP contribution in [0.25, 0.3) is 22.1 Å². The van der Waals surface area contributed by atoms with Crippen molar-refractivity contribution in [1.29, 1.82) is 0 Å².